The SMILES string of the molecule is Cc1cc(Oc2cncc(C#N)c2)cc(C(=O)Cc2cc(F)ccn2)n1.Cc1cc(Oc2cncc(F)c2)cc(C(=O)Cc2cc(F)ccn2)n1.Cc1cc(Oc2cncc(F)c2)cc(C(=O)Cc2ccc(Cl)cn2)n1.Cc1cccc(CC(=O)c2cc(Oc3cncc(F)c3)cc(C)n2)n1. The highest BCUT2D eigenvalue weighted by Crippen LogP contribution is 2.28. The van der Waals surface area contributed by atoms with E-state index in [1.165, 1.54) is 116 Å². The van der Waals surface area contributed by atoms with Crippen LogP contribution in [0.4, 0.5) is 22.0 Å². The fourth-order valence-electron chi connectivity index (χ4n) is 9.10. The lowest BCUT2D eigenvalue weighted by molar-refractivity contribution is 0.0978. The molecule has 506 valence electrons. The molecule has 0 saturated heterocycles. The lowest BCUT2D eigenvalue weighted by atomic mass is 10.1. The quantitative estimate of drug-likeness (QED) is 0.0506. The summed E-state index contributed by atoms with van der Waals surface area (Å²) in [6, 6.07) is 33.5. The molecule has 0 aliphatic rings. The van der Waals surface area contributed by atoms with Gasteiger partial charge in [-0.15, -0.1) is 0 Å². The van der Waals surface area contributed by atoms with Crippen LogP contribution in [0.5, 0.6) is 46.0 Å². The summed E-state index contributed by atoms with van der Waals surface area (Å²) >= 11 is 5.79. The van der Waals surface area contributed by atoms with E-state index >= 15 is 0 Å². The van der Waals surface area contributed by atoms with Crippen molar-refractivity contribution in [1.82, 2.24) is 59.8 Å². The molecule has 0 spiro atoms. The van der Waals surface area contributed by atoms with Gasteiger partial charge < -0.3 is 18.9 Å². The van der Waals surface area contributed by atoms with Gasteiger partial charge >= 0.3 is 0 Å². The molecular formula is C74H55ClF5N13O8. The van der Waals surface area contributed by atoms with E-state index in [0.29, 0.717) is 84.9 Å². The highest BCUT2D eigenvalue weighted by atomic mass is 35.5. The summed E-state index contributed by atoms with van der Waals surface area (Å²) < 4.78 is 88.4. The number of pyridine rings is 12. The molecule has 12 aromatic rings. The van der Waals surface area contributed by atoms with Crippen molar-refractivity contribution in [2.24, 2.45) is 0 Å². The first kappa shape index (κ1) is 72.4. The minimum Gasteiger partial charge on any atom is -0.456 e. The number of carbonyl (C=O) groups excluding carboxylic acids is 4. The Hall–Kier alpha value is -12.9. The van der Waals surface area contributed by atoms with Gasteiger partial charge in [0.15, 0.2) is 23.1 Å². The third-order valence-electron chi connectivity index (χ3n) is 13.3. The van der Waals surface area contributed by atoms with Crippen molar-refractivity contribution in [3.05, 3.63) is 309 Å². The van der Waals surface area contributed by atoms with E-state index in [1.807, 2.05) is 25.1 Å². The molecule has 0 bridgehead atoms. The summed E-state index contributed by atoms with van der Waals surface area (Å²) in [6.07, 6.45) is 14.4. The van der Waals surface area contributed by atoms with Crippen molar-refractivity contribution < 1.29 is 60.1 Å². The van der Waals surface area contributed by atoms with Crippen molar-refractivity contribution in [1.29, 1.82) is 5.26 Å². The zero-order valence-corrected chi connectivity index (χ0v) is 54.9. The lowest BCUT2D eigenvalue weighted by Gasteiger charge is -2.08. The maximum atomic E-state index is 13.2. The number of aromatic nitrogens is 12. The molecule has 0 N–H and O–H groups in total. The molecule has 0 atom stereocenters. The first-order chi connectivity index (χ1) is 48.5. The molecule has 0 aliphatic carbocycles. The third-order valence-corrected chi connectivity index (χ3v) is 13.6. The van der Waals surface area contributed by atoms with E-state index in [9.17, 15) is 41.1 Å². The van der Waals surface area contributed by atoms with Crippen LogP contribution in [-0.4, -0.2) is 82.9 Å². The topological polar surface area (TPSA) is 284 Å². The molecule has 12 rings (SSSR count). The summed E-state index contributed by atoms with van der Waals surface area (Å²) in [6.45, 7) is 8.81. The van der Waals surface area contributed by atoms with Gasteiger partial charge in [0, 0.05) is 137 Å². The number of ether oxygens (including phenoxy) is 4. The molecule has 12 aromatic heterocycles. The molecule has 0 saturated carbocycles. The Morgan fingerprint density at radius 2 is 0.723 bits per heavy atom. The Kier molecular flexibility index (Phi) is 25.0. The highest BCUT2D eigenvalue weighted by molar-refractivity contribution is 6.30. The summed E-state index contributed by atoms with van der Waals surface area (Å²) in [7, 11) is 0. The average molecular weight is 1380 g/mol. The second-order valence-electron chi connectivity index (χ2n) is 21.8. The van der Waals surface area contributed by atoms with Crippen LogP contribution in [0, 0.1) is 75.0 Å². The minimum atomic E-state index is -0.531. The van der Waals surface area contributed by atoms with Crippen LogP contribution in [0.25, 0.3) is 0 Å². The van der Waals surface area contributed by atoms with E-state index in [0.717, 1.165) is 24.3 Å². The number of aryl methyl sites for hydroxylation is 5. The Labute approximate surface area is 578 Å². The number of rotatable bonds is 20. The monoisotopic (exact) mass is 1380 g/mol. The van der Waals surface area contributed by atoms with Crippen LogP contribution in [-0.2, 0) is 25.7 Å². The summed E-state index contributed by atoms with van der Waals surface area (Å²) in [4.78, 5) is 98.1. The molecule has 27 heteroatoms. The number of halogens is 6. The molecule has 0 amide bonds. The van der Waals surface area contributed by atoms with Crippen LogP contribution >= 0.6 is 11.6 Å². The molecule has 0 unspecified atom stereocenters. The lowest BCUT2D eigenvalue weighted by Crippen LogP contribution is -2.08. The van der Waals surface area contributed by atoms with Gasteiger partial charge in [0.1, 0.15) is 104 Å². The van der Waals surface area contributed by atoms with Crippen LogP contribution in [0.15, 0.2) is 196 Å². The fraction of sp³-hybridized carbons (Fsp3) is 0.122. The summed E-state index contributed by atoms with van der Waals surface area (Å²) in [5.41, 5.74) is 6.37. The molecule has 0 radical (unpaired) electrons. The van der Waals surface area contributed by atoms with Crippen LogP contribution in [0.3, 0.4) is 0 Å². The van der Waals surface area contributed by atoms with Crippen molar-refractivity contribution in [2.45, 2.75) is 60.3 Å². The normalized spacial score (nSPS) is 10.4. The van der Waals surface area contributed by atoms with Crippen molar-refractivity contribution in [3.63, 3.8) is 0 Å². The van der Waals surface area contributed by atoms with E-state index in [2.05, 4.69) is 59.8 Å². The summed E-state index contributed by atoms with van der Waals surface area (Å²) in [5.74, 6) is -0.868. The smallest absolute Gasteiger partial charge is 0.187 e. The first-order valence-corrected chi connectivity index (χ1v) is 30.6. The number of hydrogen-bond donors (Lipinski definition) is 0. The van der Waals surface area contributed by atoms with Crippen molar-refractivity contribution in [2.75, 3.05) is 0 Å². The minimum absolute atomic E-state index is 0.0703. The van der Waals surface area contributed by atoms with Crippen LogP contribution < -0.4 is 18.9 Å². The first-order valence-electron chi connectivity index (χ1n) is 30.2. The standard InChI is InChI=1S/C19H13FN4O2.C19H16FN3O2.C18H13ClFN3O2.C18H13F2N3O2/c1-12-4-16(26-17-5-13(9-21)10-22-11-17)8-18(24-12)19(25)7-15-6-14(20)2-3-23-15;1-12-4-3-5-15(22-12)8-19(24)18-9-16(6-13(2)23-18)25-17-7-14(20)10-21-11-17;1-11-4-15(25-16-5-13(20)9-21-10-16)7-17(23-11)18(24)6-14-3-2-12(19)8-22-14;1-11-4-15(25-16-6-13(20)9-21-10-16)8-17(23-11)18(24)7-14-5-12(19)2-3-22-14/h2-6,8,10-11H,7H2,1H3;3-7,9-11H,8H2,1-2H3;2-5,7-10H,6H2,1H3;2-6,8-10H,7H2,1H3. The number of nitriles is 1. The molecule has 21 nitrogen and oxygen atoms in total. The number of hydrogen-bond acceptors (Lipinski definition) is 21. The average Bonchev–Trinajstić information content (AvgIpc) is 0.856. The Balaban J connectivity index is 0.000000157. The van der Waals surface area contributed by atoms with Crippen LogP contribution in [0.1, 0.15) is 98.8 Å². The van der Waals surface area contributed by atoms with Gasteiger partial charge in [-0.2, -0.15) is 5.26 Å². The number of nitrogens with zero attached hydrogens (tertiary/aromatic N) is 13. The highest BCUT2D eigenvalue weighted by Gasteiger charge is 2.18. The maximum Gasteiger partial charge on any atom is 0.187 e. The van der Waals surface area contributed by atoms with E-state index in [-0.39, 0.29) is 88.8 Å². The Morgan fingerprint density at radius 3 is 1.07 bits per heavy atom. The zero-order valence-electron chi connectivity index (χ0n) is 54.2. The second-order valence-corrected chi connectivity index (χ2v) is 22.3. The number of ketones is 4. The second kappa shape index (κ2) is 34.9. The van der Waals surface area contributed by atoms with Crippen molar-refractivity contribution in [3.8, 4) is 52.1 Å². The van der Waals surface area contributed by atoms with Gasteiger partial charge in [0.2, 0.25) is 0 Å². The zero-order chi connectivity index (χ0) is 72.0. The van der Waals surface area contributed by atoms with E-state index in [4.69, 9.17) is 35.8 Å². The van der Waals surface area contributed by atoms with Gasteiger partial charge in [-0.1, -0.05) is 17.7 Å². The molecule has 0 aromatic carbocycles. The number of Topliss-reactive ketones (excluding diaryl/α,β-unsaturated/α-hetero) is 4. The number of carbonyl (C=O) groups is 4. The van der Waals surface area contributed by atoms with Gasteiger partial charge in [-0.3, -0.25) is 59.0 Å². The van der Waals surface area contributed by atoms with Crippen molar-refractivity contribution >= 4 is 34.7 Å². The predicted octanol–water partition coefficient (Wildman–Crippen LogP) is 15.1. The molecular weight excluding hydrogens is 1330 g/mol. The fourth-order valence-corrected chi connectivity index (χ4v) is 9.21. The van der Waals surface area contributed by atoms with E-state index in [1.54, 1.807) is 76.2 Å². The van der Waals surface area contributed by atoms with Crippen LogP contribution in [0.2, 0.25) is 5.02 Å². The third kappa shape index (κ3) is 23.1. The molecule has 0 aliphatic heterocycles. The molecule has 12 heterocycles. The van der Waals surface area contributed by atoms with Gasteiger partial charge in [-0.05, 0) is 83.1 Å². The van der Waals surface area contributed by atoms with E-state index < -0.39 is 29.1 Å². The maximum absolute atomic E-state index is 13.2. The predicted molar refractivity (Wildman–Crippen MR) is 356 cm³/mol. The Morgan fingerprint density at radius 1 is 0.356 bits per heavy atom. The van der Waals surface area contributed by atoms with Gasteiger partial charge in [0.25, 0.3) is 0 Å². The Bertz CT molecular complexity index is 4880. The van der Waals surface area contributed by atoms with Gasteiger partial charge in [0.05, 0.1) is 91.0 Å². The summed E-state index contributed by atoms with van der Waals surface area (Å²) in [5, 5.41) is 9.42. The van der Waals surface area contributed by atoms with Gasteiger partial charge in [-0.25, -0.2) is 41.9 Å². The molecule has 0 fully saturated rings. The molecule has 101 heavy (non-hydrogen) atoms. The largest absolute Gasteiger partial charge is 0.456 e.